The van der Waals surface area contributed by atoms with Crippen LogP contribution in [0.25, 0.3) is 0 Å². The zero-order valence-electron chi connectivity index (χ0n) is 16.6. The smallest absolute Gasteiger partial charge is 0.220 e. The Balaban J connectivity index is 1.52. The number of nitrogens with one attached hydrogen (secondary N) is 1. The Morgan fingerprint density at radius 3 is 2.42 bits per heavy atom. The van der Waals surface area contributed by atoms with Gasteiger partial charge in [0.05, 0.1) is 6.04 Å². The monoisotopic (exact) mass is 349 g/mol. The highest BCUT2D eigenvalue weighted by atomic mass is 16.1. The van der Waals surface area contributed by atoms with Crippen LogP contribution in [0.4, 0.5) is 0 Å². The molecule has 0 heterocycles. The van der Waals surface area contributed by atoms with Gasteiger partial charge in [-0.2, -0.15) is 0 Å². The van der Waals surface area contributed by atoms with Crippen molar-refractivity contribution in [1.82, 2.24) is 5.32 Å². The van der Waals surface area contributed by atoms with Gasteiger partial charge >= 0.3 is 0 Å². The molecule has 0 aromatic heterocycles. The van der Waals surface area contributed by atoms with Crippen LogP contribution < -0.4 is 5.32 Å². The number of benzene rings is 2. The molecule has 0 radical (unpaired) electrons. The number of carbonyl (C=O) groups excluding carboxylic acids is 1. The van der Waals surface area contributed by atoms with Crippen molar-refractivity contribution < 1.29 is 4.79 Å². The van der Waals surface area contributed by atoms with Crippen LogP contribution in [-0.2, 0) is 29.5 Å². The van der Waals surface area contributed by atoms with E-state index in [9.17, 15) is 4.79 Å². The van der Waals surface area contributed by atoms with Gasteiger partial charge in [0.25, 0.3) is 0 Å². The van der Waals surface area contributed by atoms with Crippen molar-refractivity contribution in [2.75, 3.05) is 0 Å². The van der Waals surface area contributed by atoms with Gasteiger partial charge in [-0.05, 0) is 65.8 Å². The molecule has 26 heavy (non-hydrogen) atoms. The zero-order valence-corrected chi connectivity index (χ0v) is 16.6. The normalized spacial score (nSPS) is 14.8. The maximum atomic E-state index is 12.3. The second-order valence-corrected chi connectivity index (χ2v) is 8.62. The SMILES string of the molecule is CC(NC(=O)CCc1ccc(C(C)(C)C)cc1)c1ccc2c(c1)CCC2. The van der Waals surface area contributed by atoms with E-state index in [0.29, 0.717) is 6.42 Å². The van der Waals surface area contributed by atoms with Crippen molar-refractivity contribution in [2.24, 2.45) is 0 Å². The fraction of sp³-hybridized carbons (Fsp3) is 0.458. The Hall–Kier alpha value is -2.09. The molecule has 1 N–H and O–H groups in total. The quantitative estimate of drug-likeness (QED) is 0.781. The van der Waals surface area contributed by atoms with Crippen molar-refractivity contribution in [2.45, 2.75) is 71.3 Å². The molecule has 0 saturated carbocycles. The molecule has 0 bridgehead atoms. The van der Waals surface area contributed by atoms with E-state index in [1.807, 2.05) is 0 Å². The minimum Gasteiger partial charge on any atom is -0.350 e. The molecular weight excluding hydrogens is 318 g/mol. The van der Waals surface area contributed by atoms with E-state index >= 15 is 0 Å². The molecule has 1 unspecified atom stereocenters. The van der Waals surface area contributed by atoms with Crippen LogP contribution in [0.2, 0.25) is 0 Å². The maximum Gasteiger partial charge on any atom is 0.220 e. The van der Waals surface area contributed by atoms with Gasteiger partial charge in [0.15, 0.2) is 0 Å². The lowest BCUT2D eigenvalue weighted by Gasteiger charge is -2.19. The van der Waals surface area contributed by atoms with Crippen molar-refractivity contribution in [3.63, 3.8) is 0 Å². The van der Waals surface area contributed by atoms with E-state index in [0.717, 1.165) is 6.42 Å². The first-order chi connectivity index (χ1) is 12.3. The minimum atomic E-state index is 0.0664. The van der Waals surface area contributed by atoms with E-state index in [1.165, 1.54) is 47.1 Å². The average Bonchev–Trinajstić information content (AvgIpc) is 3.07. The fourth-order valence-electron chi connectivity index (χ4n) is 3.69. The molecule has 0 fully saturated rings. The van der Waals surface area contributed by atoms with Gasteiger partial charge in [-0.15, -0.1) is 0 Å². The van der Waals surface area contributed by atoms with Gasteiger partial charge in [-0.3, -0.25) is 4.79 Å². The van der Waals surface area contributed by atoms with E-state index in [1.54, 1.807) is 0 Å². The summed E-state index contributed by atoms with van der Waals surface area (Å²) in [6, 6.07) is 15.4. The van der Waals surface area contributed by atoms with E-state index in [2.05, 4.69) is 75.5 Å². The first-order valence-electron chi connectivity index (χ1n) is 9.83. The highest BCUT2D eigenvalue weighted by Gasteiger charge is 2.15. The number of aryl methyl sites for hydroxylation is 3. The van der Waals surface area contributed by atoms with Crippen LogP contribution in [0.5, 0.6) is 0 Å². The first-order valence-corrected chi connectivity index (χ1v) is 9.83. The summed E-state index contributed by atoms with van der Waals surface area (Å²) in [4.78, 5) is 12.3. The highest BCUT2D eigenvalue weighted by molar-refractivity contribution is 5.76. The Morgan fingerprint density at radius 1 is 1.04 bits per heavy atom. The second-order valence-electron chi connectivity index (χ2n) is 8.62. The van der Waals surface area contributed by atoms with Crippen molar-refractivity contribution >= 4 is 5.91 Å². The minimum absolute atomic E-state index is 0.0664. The summed E-state index contributed by atoms with van der Waals surface area (Å²) in [6.07, 6.45) is 4.95. The van der Waals surface area contributed by atoms with Gasteiger partial charge in [-0.1, -0.05) is 63.2 Å². The predicted octanol–water partition coefficient (Wildman–Crippen LogP) is 5.28. The standard InChI is InChI=1S/C24H31NO/c1-17(20-12-11-19-6-5-7-21(19)16-20)25-23(26)15-10-18-8-13-22(14-9-18)24(2,3)4/h8-9,11-14,16-17H,5-7,10,15H2,1-4H3,(H,25,26). The summed E-state index contributed by atoms with van der Waals surface area (Å²) in [6.45, 7) is 8.73. The van der Waals surface area contributed by atoms with Crippen molar-refractivity contribution in [3.05, 3.63) is 70.3 Å². The van der Waals surface area contributed by atoms with Gasteiger partial charge in [0.1, 0.15) is 0 Å². The molecule has 2 aromatic carbocycles. The summed E-state index contributed by atoms with van der Waals surface area (Å²) >= 11 is 0. The number of amides is 1. The van der Waals surface area contributed by atoms with E-state index in [-0.39, 0.29) is 17.4 Å². The summed E-state index contributed by atoms with van der Waals surface area (Å²) in [5.41, 5.74) is 6.87. The summed E-state index contributed by atoms with van der Waals surface area (Å²) in [5, 5.41) is 3.15. The zero-order chi connectivity index (χ0) is 18.7. The fourth-order valence-corrected chi connectivity index (χ4v) is 3.69. The molecule has 0 aliphatic heterocycles. The molecule has 0 spiro atoms. The predicted molar refractivity (Wildman–Crippen MR) is 108 cm³/mol. The lowest BCUT2D eigenvalue weighted by atomic mass is 9.86. The van der Waals surface area contributed by atoms with Crippen LogP contribution in [0.1, 0.15) is 74.4 Å². The Morgan fingerprint density at radius 2 is 1.73 bits per heavy atom. The van der Waals surface area contributed by atoms with Crippen LogP contribution in [0.3, 0.4) is 0 Å². The summed E-state index contributed by atoms with van der Waals surface area (Å²) < 4.78 is 0. The first kappa shape index (κ1) is 18.7. The topological polar surface area (TPSA) is 29.1 Å². The van der Waals surface area contributed by atoms with Crippen molar-refractivity contribution in [1.29, 1.82) is 0 Å². The summed E-state index contributed by atoms with van der Waals surface area (Å²) in [7, 11) is 0. The Bertz CT molecular complexity index is 768. The maximum absolute atomic E-state index is 12.3. The van der Waals surface area contributed by atoms with Crippen LogP contribution in [0.15, 0.2) is 42.5 Å². The average molecular weight is 350 g/mol. The lowest BCUT2D eigenvalue weighted by molar-refractivity contribution is -0.121. The molecule has 2 heteroatoms. The molecule has 3 rings (SSSR count). The third-order valence-electron chi connectivity index (χ3n) is 5.46. The number of carbonyl (C=O) groups is 1. The van der Waals surface area contributed by atoms with Gasteiger partial charge in [0, 0.05) is 6.42 Å². The molecule has 2 aromatic rings. The number of rotatable bonds is 5. The van der Waals surface area contributed by atoms with E-state index in [4.69, 9.17) is 0 Å². The molecule has 1 atom stereocenters. The molecular formula is C24H31NO. The molecule has 2 nitrogen and oxygen atoms in total. The van der Waals surface area contributed by atoms with Gasteiger partial charge < -0.3 is 5.32 Å². The Labute approximate surface area is 158 Å². The van der Waals surface area contributed by atoms with Crippen LogP contribution >= 0.6 is 0 Å². The van der Waals surface area contributed by atoms with Crippen LogP contribution in [-0.4, -0.2) is 5.91 Å². The number of fused-ring (bicyclic) bond motifs is 1. The highest BCUT2D eigenvalue weighted by Crippen LogP contribution is 2.25. The number of hydrogen-bond acceptors (Lipinski definition) is 1. The van der Waals surface area contributed by atoms with Crippen LogP contribution in [0, 0.1) is 0 Å². The van der Waals surface area contributed by atoms with Gasteiger partial charge in [0.2, 0.25) is 5.91 Å². The largest absolute Gasteiger partial charge is 0.350 e. The lowest BCUT2D eigenvalue weighted by Crippen LogP contribution is -2.26. The summed E-state index contributed by atoms with van der Waals surface area (Å²) in [5.74, 6) is 0.123. The molecule has 0 saturated heterocycles. The van der Waals surface area contributed by atoms with Crippen molar-refractivity contribution in [3.8, 4) is 0 Å². The van der Waals surface area contributed by atoms with Gasteiger partial charge in [-0.25, -0.2) is 0 Å². The number of hydrogen-bond donors (Lipinski definition) is 1. The van der Waals surface area contributed by atoms with E-state index < -0.39 is 0 Å². The molecule has 138 valence electrons. The molecule has 1 amide bonds. The molecule has 1 aliphatic rings. The Kier molecular flexibility index (Phi) is 5.50. The third kappa shape index (κ3) is 4.55. The third-order valence-corrected chi connectivity index (χ3v) is 5.46. The molecule has 1 aliphatic carbocycles. The second kappa shape index (κ2) is 7.65.